The molecule has 0 aliphatic carbocycles. The van der Waals surface area contributed by atoms with Crippen molar-refractivity contribution in [2.75, 3.05) is 0 Å². The molecule has 0 saturated carbocycles. The Morgan fingerprint density at radius 1 is 1.04 bits per heavy atom. The molecule has 2 heteroatoms. The Morgan fingerprint density at radius 2 is 1.61 bits per heavy atom. The highest BCUT2D eigenvalue weighted by Gasteiger charge is 2.30. The van der Waals surface area contributed by atoms with E-state index in [1.165, 1.54) is 0 Å². The molecule has 0 bridgehead atoms. The van der Waals surface area contributed by atoms with Crippen LogP contribution in [0.25, 0.3) is 0 Å². The highest BCUT2D eigenvalue weighted by molar-refractivity contribution is 5.99. The molecule has 0 spiro atoms. The van der Waals surface area contributed by atoms with Gasteiger partial charge in [-0.25, -0.2) is 0 Å². The molecule has 0 N–H and O–H groups in total. The van der Waals surface area contributed by atoms with Crippen molar-refractivity contribution < 1.29 is 9.53 Å². The summed E-state index contributed by atoms with van der Waals surface area (Å²) >= 11 is 0. The number of carbonyl (C=O) groups excluding carboxylic acids is 1. The maximum Gasteiger partial charge on any atom is 0.192 e. The summed E-state index contributed by atoms with van der Waals surface area (Å²) in [7, 11) is 0. The van der Waals surface area contributed by atoms with E-state index >= 15 is 0 Å². The van der Waals surface area contributed by atoms with Gasteiger partial charge in [-0.1, -0.05) is 80.6 Å². The van der Waals surface area contributed by atoms with Crippen LogP contribution in [0.1, 0.15) is 29.8 Å². The van der Waals surface area contributed by atoms with Crippen molar-refractivity contribution in [3.8, 4) is 0 Å². The normalized spacial score (nSPS) is 13.5. The van der Waals surface area contributed by atoms with Crippen molar-refractivity contribution in [3.05, 3.63) is 84.4 Å². The molecule has 0 fully saturated rings. The summed E-state index contributed by atoms with van der Waals surface area (Å²) in [6.45, 7) is 8.49. The Kier molecular flexibility index (Phi) is 6.30. The van der Waals surface area contributed by atoms with Gasteiger partial charge in [0.25, 0.3) is 0 Å². The average molecular weight is 308 g/mol. The SMILES string of the molecule is C=C[C@H](C(C)C)[C@H](OCc1ccccc1)C(=O)c1ccccc1. The molecule has 2 atom stereocenters. The van der Waals surface area contributed by atoms with Gasteiger partial charge in [0.15, 0.2) is 5.78 Å². The lowest BCUT2D eigenvalue weighted by Crippen LogP contribution is -2.34. The molecule has 2 nitrogen and oxygen atoms in total. The summed E-state index contributed by atoms with van der Waals surface area (Å²) < 4.78 is 6.04. The number of ether oxygens (including phenoxy) is 1. The van der Waals surface area contributed by atoms with Gasteiger partial charge in [-0.3, -0.25) is 4.79 Å². The van der Waals surface area contributed by atoms with Gasteiger partial charge in [-0.2, -0.15) is 0 Å². The minimum atomic E-state index is -0.518. The molecule has 0 amide bonds. The van der Waals surface area contributed by atoms with Gasteiger partial charge in [0.2, 0.25) is 0 Å². The summed E-state index contributed by atoms with van der Waals surface area (Å²) in [6.07, 6.45) is 1.32. The molecule has 0 aliphatic rings. The van der Waals surface area contributed by atoms with Crippen molar-refractivity contribution >= 4 is 5.78 Å². The van der Waals surface area contributed by atoms with Gasteiger partial charge in [0.05, 0.1) is 6.61 Å². The molecule has 0 unspecified atom stereocenters. The second kappa shape index (κ2) is 8.44. The molecule has 0 saturated heterocycles. The third-order valence-corrected chi connectivity index (χ3v) is 3.98. The lowest BCUT2D eigenvalue weighted by molar-refractivity contribution is 0.00867. The second-order valence-electron chi connectivity index (χ2n) is 6.00. The monoisotopic (exact) mass is 308 g/mol. The second-order valence-corrected chi connectivity index (χ2v) is 6.00. The molecular weight excluding hydrogens is 284 g/mol. The number of hydrogen-bond donors (Lipinski definition) is 0. The van der Waals surface area contributed by atoms with E-state index in [0.717, 1.165) is 5.56 Å². The zero-order valence-electron chi connectivity index (χ0n) is 13.8. The Hall–Kier alpha value is -2.19. The van der Waals surface area contributed by atoms with E-state index in [0.29, 0.717) is 12.2 Å². The van der Waals surface area contributed by atoms with Crippen molar-refractivity contribution in [1.82, 2.24) is 0 Å². The summed E-state index contributed by atoms with van der Waals surface area (Å²) in [6, 6.07) is 19.2. The fourth-order valence-electron chi connectivity index (χ4n) is 2.63. The lowest BCUT2D eigenvalue weighted by Gasteiger charge is -2.27. The van der Waals surface area contributed by atoms with Crippen LogP contribution >= 0.6 is 0 Å². The molecule has 0 aliphatic heterocycles. The first-order valence-electron chi connectivity index (χ1n) is 8.01. The molecule has 2 aromatic carbocycles. The van der Waals surface area contributed by atoms with E-state index in [2.05, 4.69) is 20.4 Å². The topological polar surface area (TPSA) is 26.3 Å². The fourth-order valence-corrected chi connectivity index (χ4v) is 2.63. The van der Waals surface area contributed by atoms with Gasteiger partial charge in [-0.05, 0) is 11.5 Å². The van der Waals surface area contributed by atoms with Crippen LogP contribution < -0.4 is 0 Å². The summed E-state index contributed by atoms with van der Waals surface area (Å²) in [4.78, 5) is 12.9. The predicted octanol–water partition coefficient (Wildman–Crippen LogP) is 4.91. The maximum atomic E-state index is 12.9. The van der Waals surface area contributed by atoms with Crippen LogP contribution in [0.5, 0.6) is 0 Å². The van der Waals surface area contributed by atoms with E-state index in [9.17, 15) is 4.79 Å². The quantitative estimate of drug-likeness (QED) is 0.511. The molecular formula is C21H24O2. The van der Waals surface area contributed by atoms with E-state index in [4.69, 9.17) is 4.74 Å². The van der Waals surface area contributed by atoms with Gasteiger partial charge in [0, 0.05) is 11.5 Å². The number of rotatable bonds is 8. The van der Waals surface area contributed by atoms with Crippen molar-refractivity contribution in [3.63, 3.8) is 0 Å². The van der Waals surface area contributed by atoms with Gasteiger partial charge < -0.3 is 4.74 Å². The molecule has 120 valence electrons. The van der Waals surface area contributed by atoms with Gasteiger partial charge in [0.1, 0.15) is 6.10 Å². The van der Waals surface area contributed by atoms with Crippen LogP contribution in [0.15, 0.2) is 73.3 Å². The smallest absolute Gasteiger partial charge is 0.192 e. The number of Topliss-reactive ketones (excluding diaryl/α,β-unsaturated/α-hetero) is 1. The first-order chi connectivity index (χ1) is 11.1. The van der Waals surface area contributed by atoms with Crippen LogP contribution in [-0.4, -0.2) is 11.9 Å². The highest BCUT2D eigenvalue weighted by atomic mass is 16.5. The van der Waals surface area contributed by atoms with Crippen molar-refractivity contribution in [2.24, 2.45) is 11.8 Å². The Morgan fingerprint density at radius 3 is 2.13 bits per heavy atom. The first-order valence-corrected chi connectivity index (χ1v) is 8.01. The minimum absolute atomic E-state index is 0.0140. The standard InChI is InChI=1S/C21H24O2/c1-4-19(16(2)3)21(20(22)18-13-9-6-10-14-18)23-15-17-11-7-5-8-12-17/h4-14,16,19,21H,1,15H2,2-3H3/t19-,21+/m1/s1. The van der Waals surface area contributed by atoms with Crippen LogP contribution in [0.3, 0.4) is 0 Å². The average Bonchev–Trinajstić information content (AvgIpc) is 2.59. The Bertz CT molecular complexity index is 617. The third-order valence-electron chi connectivity index (χ3n) is 3.98. The highest BCUT2D eigenvalue weighted by Crippen LogP contribution is 2.24. The zero-order valence-corrected chi connectivity index (χ0v) is 13.8. The van der Waals surface area contributed by atoms with Gasteiger partial charge in [-0.15, -0.1) is 6.58 Å². The Balaban J connectivity index is 2.21. The van der Waals surface area contributed by atoms with E-state index in [1.54, 1.807) is 0 Å². The van der Waals surface area contributed by atoms with Crippen LogP contribution in [0.2, 0.25) is 0 Å². The molecule has 2 rings (SSSR count). The first kappa shape index (κ1) is 17.2. The fraction of sp³-hybridized carbons (Fsp3) is 0.286. The van der Waals surface area contributed by atoms with Crippen molar-refractivity contribution in [2.45, 2.75) is 26.6 Å². The summed E-state index contributed by atoms with van der Waals surface area (Å²) in [5.41, 5.74) is 1.74. The predicted molar refractivity (Wildman–Crippen MR) is 94.3 cm³/mol. The van der Waals surface area contributed by atoms with E-state index in [-0.39, 0.29) is 17.6 Å². The van der Waals surface area contributed by atoms with Crippen LogP contribution in [-0.2, 0) is 11.3 Å². The minimum Gasteiger partial charge on any atom is -0.365 e. The van der Waals surface area contributed by atoms with Crippen molar-refractivity contribution in [1.29, 1.82) is 0 Å². The van der Waals surface area contributed by atoms with Crippen LogP contribution in [0.4, 0.5) is 0 Å². The van der Waals surface area contributed by atoms with Gasteiger partial charge >= 0.3 is 0 Å². The molecule has 23 heavy (non-hydrogen) atoms. The summed E-state index contributed by atoms with van der Waals surface area (Å²) in [5, 5.41) is 0. The van der Waals surface area contributed by atoms with E-state index < -0.39 is 6.10 Å². The zero-order chi connectivity index (χ0) is 16.7. The molecule has 0 radical (unpaired) electrons. The molecule has 2 aromatic rings. The Labute approximate surface area is 138 Å². The molecule has 0 heterocycles. The lowest BCUT2D eigenvalue weighted by atomic mass is 9.86. The largest absolute Gasteiger partial charge is 0.365 e. The summed E-state index contributed by atoms with van der Waals surface area (Å²) in [5.74, 6) is 0.271. The molecule has 0 aromatic heterocycles. The third kappa shape index (κ3) is 4.64. The van der Waals surface area contributed by atoms with Crippen LogP contribution in [0, 0.1) is 11.8 Å². The number of carbonyl (C=O) groups is 1. The maximum absolute atomic E-state index is 12.9. The van der Waals surface area contributed by atoms with E-state index in [1.807, 2.05) is 66.7 Å². The number of hydrogen-bond acceptors (Lipinski definition) is 2. The number of benzene rings is 2. The number of ketones is 1.